The average molecular weight is 406 g/mol. The molecule has 1 aromatic rings. The minimum absolute atomic E-state index is 0.131. The highest BCUT2D eigenvalue weighted by atomic mass is 32.3. The van der Waals surface area contributed by atoms with Crippen LogP contribution in [-0.2, 0) is 24.1 Å². The van der Waals surface area contributed by atoms with Crippen molar-refractivity contribution < 1.29 is 46.8 Å². The van der Waals surface area contributed by atoms with E-state index >= 15 is 0 Å². The van der Waals surface area contributed by atoms with Crippen LogP contribution in [0.1, 0.15) is 11.9 Å². The van der Waals surface area contributed by atoms with Crippen molar-refractivity contribution in [1.82, 2.24) is 0 Å². The second-order valence-corrected chi connectivity index (χ2v) is 7.77. The van der Waals surface area contributed by atoms with Crippen LogP contribution >= 0.6 is 0 Å². The molecule has 0 bridgehead atoms. The first kappa shape index (κ1) is 20.6. The lowest BCUT2D eigenvalue weighted by Gasteiger charge is -2.37. The topological polar surface area (TPSA) is 147 Å². The molecule has 0 aliphatic carbocycles. The molecule has 5 N–H and O–H groups in total. The smallest absolute Gasteiger partial charge is 0.390 e. The van der Waals surface area contributed by atoms with E-state index in [9.17, 15) is 23.7 Å². The molecule has 2 aliphatic rings. The van der Waals surface area contributed by atoms with Gasteiger partial charge in [0.2, 0.25) is 0 Å². The van der Waals surface area contributed by atoms with Crippen molar-refractivity contribution in [3.8, 4) is 0 Å². The van der Waals surface area contributed by atoms with E-state index in [1.165, 1.54) is 0 Å². The summed E-state index contributed by atoms with van der Waals surface area (Å²) < 4.78 is 47.4. The third-order valence-electron chi connectivity index (χ3n) is 4.90. The van der Waals surface area contributed by atoms with Gasteiger partial charge in [-0.3, -0.25) is 4.55 Å². The Balaban J connectivity index is 1.77. The van der Waals surface area contributed by atoms with Crippen molar-refractivity contribution >= 4 is 10.4 Å². The first-order chi connectivity index (χ1) is 12.8. The number of nitrogens with one attached hydrogen (secondary N) is 1. The Labute approximate surface area is 156 Å². The molecule has 2 aliphatic heterocycles. The summed E-state index contributed by atoms with van der Waals surface area (Å²) in [5, 5.41) is 29.4. The zero-order valence-corrected chi connectivity index (χ0v) is 15.2. The molecule has 2 heterocycles. The fourth-order valence-corrected chi connectivity index (χ4v) is 4.06. The molecule has 10 nitrogen and oxygen atoms in total. The van der Waals surface area contributed by atoms with E-state index < -0.39 is 47.1 Å². The highest BCUT2D eigenvalue weighted by molar-refractivity contribution is 7.80. The van der Waals surface area contributed by atoms with Crippen LogP contribution in [0.4, 0.5) is 0 Å². The molecular weight excluding hydrogens is 382 g/mol. The Morgan fingerprint density at radius 3 is 2.56 bits per heavy atom. The van der Waals surface area contributed by atoms with E-state index in [0.717, 1.165) is 5.56 Å². The normalized spacial score (nSPS) is 37.4. The van der Waals surface area contributed by atoms with Crippen molar-refractivity contribution in [3.05, 3.63) is 35.9 Å². The Hall–Kier alpha value is -1.15. The second kappa shape index (κ2) is 8.47. The van der Waals surface area contributed by atoms with Gasteiger partial charge in [0, 0.05) is 5.56 Å². The molecule has 152 valence electrons. The van der Waals surface area contributed by atoms with Crippen molar-refractivity contribution in [1.29, 1.82) is 0 Å². The van der Waals surface area contributed by atoms with Crippen LogP contribution in [-0.4, -0.2) is 85.1 Å². The third kappa shape index (κ3) is 5.02. The molecule has 7 atom stereocenters. The Morgan fingerprint density at radius 2 is 1.93 bits per heavy atom. The standard InChI is InChI=1S/C16H23NO9S/c18-8-11-15(20)12(19)6-17(11)7-13-14(26-27(21,22)23)9-24-16(25-13)10-4-2-1-3-5-10/h1-5,11-16,18-20H,6-9H2,(H,21,22,23)/p+1/t11-,12-,13-,14+,15-,16?/m1/s1. The van der Waals surface area contributed by atoms with Gasteiger partial charge in [-0.1, -0.05) is 30.3 Å². The number of benzene rings is 1. The van der Waals surface area contributed by atoms with Gasteiger partial charge >= 0.3 is 10.4 Å². The summed E-state index contributed by atoms with van der Waals surface area (Å²) in [5.41, 5.74) is 0.725. The highest BCUT2D eigenvalue weighted by Gasteiger charge is 2.47. The Bertz CT molecular complexity index is 716. The number of likely N-dealkylation sites (tertiary alicyclic amines) is 1. The van der Waals surface area contributed by atoms with Crippen molar-refractivity contribution in [3.63, 3.8) is 0 Å². The van der Waals surface area contributed by atoms with Crippen LogP contribution in [0.15, 0.2) is 30.3 Å². The highest BCUT2D eigenvalue weighted by Crippen LogP contribution is 2.28. The number of rotatable bonds is 6. The number of hydrogen-bond acceptors (Lipinski definition) is 8. The number of hydrogen-bond donors (Lipinski definition) is 5. The number of aliphatic hydroxyl groups is 3. The monoisotopic (exact) mass is 406 g/mol. The zero-order chi connectivity index (χ0) is 19.6. The minimum atomic E-state index is -4.73. The van der Waals surface area contributed by atoms with Crippen molar-refractivity contribution in [2.45, 2.75) is 36.7 Å². The Kier molecular flexibility index (Phi) is 6.46. The summed E-state index contributed by atoms with van der Waals surface area (Å²) in [6, 6.07) is 8.37. The van der Waals surface area contributed by atoms with Crippen LogP contribution in [0.2, 0.25) is 0 Å². The number of aliphatic hydroxyl groups excluding tert-OH is 3. The van der Waals surface area contributed by atoms with E-state index in [1.807, 2.05) is 6.07 Å². The van der Waals surface area contributed by atoms with Crippen molar-refractivity contribution in [2.75, 3.05) is 26.3 Å². The first-order valence-corrected chi connectivity index (χ1v) is 9.94. The summed E-state index contributed by atoms with van der Waals surface area (Å²) in [6.45, 7) is -0.219. The quantitative estimate of drug-likeness (QED) is 0.318. The fraction of sp³-hybridized carbons (Fsp3) is 0.625. The summed E-state index contributed by atoms with van der Waals surface area (Å²) in [6.07, 6.45) is -4.81. The fourth-order valence-electron chi connectivity index (χ4n) is 3.57. The maximum absolute atomic E-state index is 11.2. The molecule has 3 rings (SSSR count). The lowest BCUT2D eigenvalue weighted by molar-refractivity contribution is -0.919. The predicted octanol–water partition coefficient (Wildman–Crippen LogP) is -2.73. The number of ether oxygens (including phenoxy) is 2. The van der Waals surface area contributed by atoms with Gasteiger partial charge in [0.1, 0.15) is 43.5 Å². The van der Waals surface area contributed by atoms with Gasteiger partial charge in [0.05, 0.1) is 13.2 Å². The molecule has 2 fully saturated rings. The molecule has 0 saturated carbocycles. The lowest BCUT2D eigenvalue weighted by atomic mass is 10.1. The lowest BCUT2D eigenvalue weighted by Crippen LogP contribution is -3.16. The van der Waals surface area contributed by atoms with Gasteiger partial charge < -0.3 is 29.7 Å². The third-order valence-corrected chi connectivity index (χ3v) is 5.39. The molecule has 2 saturated heterocycles. The maximum Gasteiger partial charge on any atom is 0.397 e. The molecular formula is C16H24NO9S+. The zero-order valence-electron chi connectivity index (χ0n) is 14.4. The molecule has 27 heavy (non-hydrogen) atoms. The summed E-state index contributed by atoms with van der Waals surface area (Å²) in [5.74, 6) is 0. The Morgan fingerprint density at radius 1 is 1.22 bits per heavy atom. The molecule has 11 heteroatoms. The van der Waals surface area contributed by atoms with Crippen LogP contribution in [0.3, 0.4) is 0 Å². The average Bonchev–Trinajstić information content (AvgIpc) is 2.89. The van der Waals surface area contributed by atoms with Gasteiger partial charge in [-0.2, -0.15) is 8.42 Å². The second-order valence-electron chi connectivity index (χ2n) is 6.73. The van der Waals surface area contributed by atoms with Crippen LogP contribution < -0.4 is 4.90 Å². The van der Waals surface area contributed by atoms with Gasteiger partial charge in [0.25, 0.3) is 0 Å². The van der Waals surface area contributed by atoms with Crippen molar-refractivity contribution in [2.24, 2.45) is 0 Å². The molecule has 0 aromatic heterocycles. The molecule has 1 aromatic carbocycles. The molecule has 0 amide bonds. The minimum Gasteiger partial charge on any atom is -0.390 e. The van der Waals surface area contributed by atoms with E-state index in [-0.39, 0.29) is 26.3 Å². The predicted molar refractivity (Wildman–Crippen MR) is 90.0 cm³/mol. The molecule has 0 radical (unpaired) electrons. The molecule has 0 spiro atoms. The van der Waals surface area contributed by atoms with Gasteiger partial charge in [0.15, 0.2) is 6.29 Å². The van der Waals surface area contributed by atoms with E-state index in [4.69, 9.17) is 14.0 Å². The van der Waals surface area contributed by atoms with Gasteiger partial charge in [-0.25, -0.2) is 4.18 Å². The van der Waals surface area contributed by atoms with Gasteiger partial charge in [-0.15, -0.1) is 0 Å². The van der Waals surface area contributed by atoms with E-state index in [0.29, 0.717) is 4.90 Å². The summed E-state index contributed by atoms with van der Waals surface area (Å²) in [7, 11) is -4.73. The van der Waals surface area contributed by atoms with Crippen LogP contribution in [0.25, 0.3) is 0 Å². The van der Waals surface area contributed by atoms with E-state index in [1.54, 1.807) is 24.3 Å². The first-order valence-electron chi connectivity index (χ1n) is 8.57. The molecule has 2 unspecified atom stereocenters. The largest absolute Gasteiger partial charge is 0.397 e. The summed E-state index contributed by atoms with van der Waals surface area (Å²) >= 11 is 0. The van der Waals surface area contributed by atoms with E-state index in [2.05, 4.69) is 4.18 Å². The SMILES string of the molecule is O=S(=O)(O)O[C@H]1COC(c2ccccc2)O[C@@H]1C[NH+]1C[C@@H](O)[C@H](O)[C@H]1CO. The maximum atomic E-state index is 11.2. The van der Waals surface area contributed by atoms with Crippen LogP contribution in [0, 0.1) is 0 Å². The number of quaternary nitrogens is 1. The summed E-state index contributed by atoms with van der Waals surface area (Å²) in [4.78, 5) is 0.639. The van der Waals surface area contributed by atoms with Crippen LogP contribution in [0.5, 0.6) is 0 Å². The van der Waals surface area contributed by atoms with Gasteiger partial charge in [-0.05, 0) is 0 Å².